The average molecular weight is 275 g/mol. The van der Waals surface area contributed by atoms with Gasteiger partial charge in [0, 0.05) is 18.2 Å². The Hall–Kier alpha value is -2.23. The number of ether oxygens (including phenoxy) is 2. The van der Waals surface area contributed by atoms with E-state index >= 15 is 0 Å². The van der Waals surface area contributed by atoms with Gasteiger partial charge in [-0.1, -0.05) is 18.2 Å². The van der Waals surface area contributed by atoms with Gasteiger partial charge in [-0.25, -0.2) is 4.39 Å². The first-order valence-corrected chi connectivity index (χ1v) is 6.52. The Bertz CT molecular complexity index is 572. The molecule has 0 saturated carbocycles. The second-order valence-corrected chi connectivity index (χ2v) is 4.24. The van der Waals surface area contributed by atoms with Crippen molar-refractivity contribution < 1.29 is 13.9 Å². The van der Waals surface area contributed by atoms with E-state index in [2.05, 4.69) is 5.32 Å². The van der Waals surface area contributed by atoms with Crippen molar-refractivity contribution in [1.82, 2.24) is 0 Å². The van der Waals surface area contributed by atoms with Crippen molar-refractivity contribution in [3.8, 4) is 11.5 Å². The number of benzene rings is 2. The zero-order valence-corrected chi connectivity index (χ0v) is 11.7. The van der Waals surface area contributed by atoms with Gasteiger partial charge in [0.05, 0.1) is 19.4 Å². The summed E-state index contributed by atoms with van der Waals surface area (Å²) < 4.78 is 24.3. The van der Waals surface area contributed by atoms with Crippen molar-refractivity contribution in [3.63, 3.8) is 0 Å². The Morgan fingerprint density at radius 2 is 1.95 bits per heavy atom. The number of nitrogens with one attached hydrogen (secondary N) is 1. The highest BCUT2D eigenvalue weighted by molar-refractivity contribution is 5.50. The molecule has 20 heavy (non-hydrogen) atoms. The van der Waals surface area contributed by atoms with Gasteiger partial charge in [0.25, 0.3) is 0 Å². The summed E-state index contributed by atoms with van der Waals surface area (Å²) in [5, 5.41) is 3.07. The zero-order chi connectivity index (χ0) is 14.4. The van der Waals surface area contributed by atoms with Crippen LogP contribution < -0.4 is 14.8 Å². The molecule has 0 aromatic heterocycles. The summed E-state index contributed by atoms with van der Waals surface area (Å²) in [4.78, 5) is 0. The van der Waals surface area contributed by atoms with Gasteiger partial charge in [0.1, 0.15) is 17.3 Å². The van der Waals surface area contributed by atoms with Crippen LogP contribution in [0.1, 0.15) is 12.5 Å². The van der Waals surface area contributed by atoms with Crippen LogP contribution in [-0.4, -0.2) is 13.7 Å². The molecule has 0 aliphatic carbocycles. The minimum atomic E-state index is -0.306. The summed E-state index contributed by atoms with van der Waals surface area (Å²) in [5.74, 6) is 1.12. The maximum Gasteiger partial charge on any atom is 0.146 e. The lowest BCUT2D eigenvalue weighted by Gasteiger charge is -2.12. The molecule has 0 saturated heterocycles. The molecule has 0 amide bonds. The number of hydrogen-bond acceptors (Lipinski definition) is 3. The predicted octanol–water partition coefficient (Wildman–Crippen LogP) is 3.85. The summed E-state index contributed by atoms with van der Waals surface area (Å²) in [6, 6.07) is 12.3. The van der Waals surface area contributed by atoms with Crippen molar-refractivity contribution in [2.75, 3.05) is 19.0 Å². The van der Waals surface area contributed by atoms with Crippen LogP contribution in [0.2, 0.25) is 0 Å². The molecule has 0 bridgehead atoms. The molecule has 4 heteroatoms. The van der Waals surface area contributed by atoms with Crippen LogP contribution in [0.15, 0.2) is 42.5 Å². The third-order valence-electron chi connectivity index (χ3n) is 2.92. The smallest absolute Gasteiger partial charge is 0.146 e. The van der Waals surface area contributed by atoms with Crippen LogP contribution in [-0.2, 0) is 6.54 Å². The Morgan fingerprint density at radius 3 is 2.70 bits per heavy atom. The summed E-state index contributed by atoms with van der Waals surface area (Å²) in [6.45, 7) is 3.02. The SMILES string of the molecule is CCOc1ccccc1CNc1cc(OC)ccc1F. The van der Waals surface area contributed by atoms with E-state index in [1.807, 2.05) is 31.2 Å². The largest absolute Gasteiger partial charge is 0.497 e. The summed E-state index contributed by atoms with van der Waals surface area (Å²) in [5.41, 5.74) is 1.40. The third-order valence-corrected chi connectivity index (χ3v) is 2.92. The second kappa shape index (κ2) is 6.80. The molecule has 0 heterocycles. The van der Waals surface area contributed by atoms with Crippen molar-refractivity contribution in [1.29, 1.82) is 0 Å². The van der Waals surface area contributed by atoms with Crippen molar-refractivity contribution >= 4 is 5.69 Å². The Balaban J connectivity index is 2.12. The Labute approximate surface area is 118 Å². The number of hydrogen-bond donors (Lipinski definition) is 1. The first-order valence-electron chi connectivity index (χ1n) is 6.52. The lowest BCUT2D eigenvalue weighted by atomic mass is 10.2. The van der Waals surface area contributed by atoms with Crippen LogP contribution in [0, 0.1) is 5.82 Å². The van der Waals surface area contributed by atoms with Crippen molar-refractivity contribution in [2.45, 2.75) is 13.5 Å². The van der Waals surface area contributed by atoms with Crippen molar-refractivity contribution in [3.05, 3.63) is 53.8 Å². The van der Waals surface area contributed by atoms with E-state index in [0.29, 0.717) is 24.6 Å². The van der Waals surface area contributed by atoms with Crippen LogP contribution in [0.5, 0.6) is 11.5 Å². The number of halogens is 1. The lowest BCUT2D eigenvalue weighted by Crippen LogP contribution is -2.04. The topological polar surface area (TPSA) is 30.5 Å². The van der Waals surface area contributed by atoms with E-state index in [-0.39, 0.29) is 5.82 Å². The average Bonchev–Trinajstić information content (AvgIpc) is 2.48. The molecular formula is C16H18FNO2. The summed E-state index contributed by atoms with van der Waals surface area (Å²) in [7, 11) is 1.56. The van der Waals surface area contributed by atoms with E-state index in [1.165, 1.54) is 6.07 Å². The van der Waals surface area contributed by atoms with E-state index in [0.717, 1.165) is 11.3 Å². The molecule has 0 radical (unpaired) electrons. The zero-order valence-electron chi connectivity index (χ0n) is 11.7. The first kappa shape index (κ1) is 14.2. The molecule has 3 nitrogen and oxygen atoms in total. The van der Waals surface area contributed by atoms with Crippen molar-refractivity contribution in [2.24, 2.45) is 0 Å². The highest BCUT2D eigenvalue weighted by atomic mass is 19.1. The summed E-state index contributed by atoms with van der Waals surface area (Å²) in [6.07, 6.45) is 0. The minimum Gasteiger partial charge on any atom is -0.497 e. The predicted molar refractivity (Wildman–Crippen MR) is 77.9 cm³/mol. The van der Waals surface area contributed by atoms with Gasteiger partial charge in [-0.2, -0.15) is 0 Å². The van der Waals surface area contributed by atoms with Crippen LogP contribution >= 0.6 is 0 Å². The molecule has 1 N–H and O–H groups in total. The second-order valence-electron chi connectivity index (χ2n) is 4.24. The van der Waals surface area contributed by atoms with E-state index in [4.69, 9.17) is 9.47 Å². The first-order chi connectivity index (χ1) is 9.74. The minimum absolute atomic E-state index is 0.306. The number of methoxy groups -OCH3 is 1. The molecule has 0 unspecified atom stereocenters. The summed E-state index contributed by atoms with van der Waals surface area (Å²) >= 11 is 0. The standard InChI is InChI=1S/C16H18FNO2/c1-3-20-16-7-5-4-6-12(16)11-18-15-10-13(19-2)8-9-14(15)17/h4-10,18H,3,11H2,1-2H3. The fourth-order valence-electron chi connectivity index (χ4n) is 1.90. The van der Waals surface area contributed by atoms with Gasteiger partial charge in [0.15, 0.2) is 0 Å². The van der Waals surface area contributed by atoms with Gasteiger partial charge >= 0.3 is 0 Å². The molecular weight excluding hydrogens is 257 g/mol. The van der Waals surface area contributed by atoms with Gasteiger partial charge in [0.2, 0.25) is 0 Å². The quantitative estimate of drug-likeness (QED) is 0.868. The van der Waals surface area contributed by atoms with E-state index in [1.54, 1.807) is 19.2 Å². The molecule has 0 fully saturated rings. The number of rotatable bonds is 6. The lowest BCUT2D eigenvalue weighted by molar-refractivity contribution is 0.337. The van der Waals surface area contributed by atoms with Crippen LogP contribution in [0.25, 0.3) is 0 Å². The Morgan fingerprint density at radius 1 is 1.15 bits per heavy atom. The molecule has 106 valence electrons. The highest BCUT2D eigenvalue weighted by Gasteiger charge is 2.06. The molecule has 0 aliphatic heterocycles. The third kappa shape index (κ3) is 3.41. The number of para-hydroxylation sites is 1. The fourth-order valence-corrected chi connectivity index (χ4v) is 1.90. The van der Waals surface area contributed by atoms with Gasteiger partial charge in [-0.3, -0.25) is 0 Å². The van der Waals surface area contributed by atoms with Gasteiger partial charge < -0.3 is 14.8 Å². The molecule has 0 spiro atoms. The van der Waals surface area contributed by atoms with Gasteiger partial charge in [-0.15, -0.1) is 0 Å². The van der Waals surface area contributed by atoms with Crippen LogP contribution in [0.3, 0.4) is 0 Å². The molecule has 2 aromatic rings. The fraction of sp³-hybridized carbons (Fsp3) is 0.250. The highest BCUT2D eigenvalue weighted by Crippen LogP contribution is 2.24. The monoisotopic (exact) mass is 275 g/mol. The Kier molecular flexibility index (Phi) is 4.82. The molecule has 2 aromatic carbocycles. The normalized spacial score (nSPS) is 10.2. The molecule has 2 rings (SSSR count). The molecule has 0 aliphatic rings. The maximum atomic E-state index is 13.7. The maximum absolute atomic E-state index is 13.7. The van der Waals surface area contributed by atoms with Gasteiger partial charge in [-0.05, 0) is 25.1 Å². The van der Waals surface area contributed by atoms with E-state index in [9.17, 15) is 4.39 Å². The number of anilines is 1. The van der Waals surface area contributed by atoms with Crippen LogP contribution in [0.4, 0.5) is 10.1 Å². The van der Waals surface area contributed by atoms with E-state index < -0.39 is 0 Å². The molecule has 0 atom stereocenters.